The summed E-state index contributed by atoms with van der Waals surface area (Å²) in [4.78, 5) is 20.9. The summed E-state index contributed by atoms with van der Waals surface area (Å²) in [5, 5.41) is 7.85. The van der Waals surface area contributed by atoms with Gasteiger partial charge in [-0.05, 0) is 108 Å². The molecule has 0 bridgehead atoms. The number of halogens is 1. The number of aryl methyl sites for hydroxylation is 2. The van der Waals surface area contributed by atoms with Crippen molar-refractivity contribution in [2.24, 2.45) is 7.05 Å². The van der Waals surface area contributed by atoms with Crippen LogP contribution in [0, 0.1) is 6.92 Å². The van der Waals surface area contributed by atoms with Gasteiger partial charge in [0.15, 0.2) is 5.78 Å². The van der Waals surface area contributed by atoms with Crippen LogP contribution in [0.2, 0.25) is 5.02 Å². The van der Waals surface area contributed by atoms with Crippen LogP contribution in [-0.2, 0) is 21.3 Å². The van der Waals surface area contributed by atoms with Gasteiger partial charge < -0.3 is 9.47 Å². The Balaban J connectivity index is 1.33. The van der Waals surface area contributed by atoms with E-state index in [0.29, 0.717) is 17.0 Å². The van der Waals surface area contributed by atoms with E-state index in [2.05, 4.69) is 29.2 Å². The Hall–Kier alpha value is -3.14. The summed E-state index contributed by atoms with van der Waals surface area (Å²) < 4.78 is 14.9. The van der Waals surface area contributed by atoms with Crippen LogP contribution in [0.15, 0.2) is 48.5 Å². The molecule has 2 aliphatic rings. The summed E-state index contributed by atoms with van der Waals surface area (Å²) in [6.07, 6.45) is 1.50. The molecule has 1 atom stereocenters. The molecule has 2 aliphatic heterocycles. The standard InChI is InChI=1S/C37H41ClN4O3S/c1-21-17-29-35(32(23-7-10-26(38)11-8-23)31(21)34(22(2)43)45-37(3,4)5)46-36(39-29)25-9-12-30-28(18-25)33(40-41(30)6)24-13-15-42(16-14-24)27-19-44-20-27/h7-12,17-18,24,27,34H,13-16,19-20H2,1-6H3/t34-/m1/s1. The molecule has 2 aromatic heterocycles. The molecule has 7 rings (SSSR count). The third-order valence-corrected chi connectivity index (χ3v) is 10.7. The highest BCUT2D eigenvalue weighted by atomic mass is 35.5. The van der Waals surface area contributed by atoms with Crippen LogP contribution in [0.25, 0.3) is 42.8 Å². The van der Waals surface area contributed by atoms with Gasteiger partial charge in [0.05, 0.1) is 46.3 Å². The largest absolute Gasteiger partial charge is 0.378 e. The summed E-state index contributed by atoms with van der Waals surface area (Å²) in [7, 11) is 2.04. The van der Waals surface area contributed by atoms with Crippen molar-refractivity contribution in [1.82, 2.24) is 19.7 Å². The number of piperidine rings is 1. The number of nitrogens with zero attached hydrogens (tertiary/aromatic N) is 4. The second kappa shape index (κ2) is 12.1. The highest BCUT2D eigenvalue weighted by Crippen LogP contribution is 2.45. The molecule has 9 heteroatoms. The average molecular weight is 657 g/mol. The third kappa shape index (κ3) is 5.90. The predicted molar refractivity (Wildman–Crippen MR) is 187 cm³/mol. The molecule has 0 aliphatic carbocycles. The van der Waals surface area contributed by atoms with Crippen LogP contribution in [0.1, 0.15) is 69.4 Å². The van der Waals surface area contributed by atoms with Crippen LogP contribution in [-0.4, -0.2) is 63.4 Å². The second-order valence-electron chi connectivity index (χ2n) is 13.8. The zero-order chi connectivity index (χ0) is 32.3. The first-order valence-electron chi connectivity index (χ1n) is 16.1. The van der Waals surface area contributed by atoms with Gasteiger partial charge in [-0.2, -0.15) is 5.10 Å². The number of carbonyl (C=O) groups is 1. The lowest BCUT2D eigenvalue weighted by atomic mass is 9.90. The van der Waals surface area contributed by atoms with Crippen molar-refractivity contribution >= 4 is 49.8 Å². The molecule has 5 aromatic rings. The summed E-state index contributed by atoms with van der Waals surface area (Å²) in [5.41, 5.74) is 7.62. The lowest BCUT2D eigenvalue weighted by Crippen LogP contribution is -2.51. The van der Waals surface area contributed by atoms with Gasteiger partial charge >= 0.3 is 0 Å². The smallest absolute Gasteiger partial charge is 0.163 e. The molecule has 0 unspecified atom stereocenters. The van der Waals surface area contributed by atoms with Gasteiger partial charge in [0.25, 0.3) is 0 Å². The van der Waals surface area contributed by atoms with Crippen molar-refractivity contribution in [3.63, 3.8) is 0 Å². The third-order valence-electron chi connectivity index (χ3n) is 9.34. The minimum absolute atomic E-state index is 0.0289. The molecule has 2 saturated heterocycles. The van der Waals surface area contributed by atoms with Crippen molar-refractivity contribution in [2.45, 2.75) is 71.1 Å². The van der Waals surface area contributed by atoms with Crippen LogP contribution < -0.4 is 0 Å². The molecule has 0 N–H and O–H groups in total. The van der Waals surface area contributed by atoms with Gasteiger partial charge in [0.2, 0.25) is 0 Å². The van der Waals surface area contributed by atoms with Crippen LogP contribution in [0.5, 0.6) is 0 Å². The molecule has 46 heavy (non-hydrogen) atoms. The number of likely N-dealkylation sites (tertiary alicyclic amines) is 1. The number of carbonyl (C=O) groups excluding carboxylic acids is 1. The van der Waals surface area contributed by atoms with Crippen molar-refractivity contribution in [2.75, 3.05) is 26.3 Å². The van der Waals surface area contributed by atoms with Gasteiger partial charge in [-0.25, -0.2) is 4.98 Å². The number of hydrogen-bond donors (Lipinski definition) is 0. The fraction of sp³-hybridized carbons (Fsp3) is 0.432. The molecule has 3 aromatic carbocycles. The Morgan fingerprint density at radius 1 is 1.07 bits per heavy atom. The number of rotatable bonds is 7. The van der Waals surface area contributed by atoms with E-state index in [1.165, 1.54) is 11.1 Å². The van der Waals surface area contributed by atoms with E-state index < -0.39 is 11.7 Å². The topological polar surface area (TPSA) is 69.5 Å². The van der Waals surface area contributed by atoms with E-state index in [0.717, 1.165) is 87.7 Å². The molecular formula is C37H41ClN4O3S. The molecule has 0 radical (unpaired) electrons. The predicted octanol–water partition coefficient (Wildman–Crippen LogP) is 8.50. The number of benzene rings is 3. The SMILES string of the molecule is CC(=O)[C@@H](OC(C)(C)C)c1c(C)cc2nc(-c3ccc4c(c3)c(C3CCN(C5COC5)CC3)nn4C)sc2c1-c1ccc(Cl)cc1. The maximum absolute atomic E-state index is 13.2. The van der Waals surface area contributed by atoms with Crippen LogP contribution >= 0.6 is 22.9 Å². The fourth-order valence-corrected chi connectivity index (χ4v) is 8.22. The number of aromatic nitrogens is 3. The molecule has 7 nitrogen and oxygen atoms in total. The Bertz CT molecular complexity index is 1930. The number of Topliss-reactive ketones (excluding diaryl/α,β-unsaturated/α-hetero) is 1. The lowest BCUT2D eigenvalue weighted by Gasteiger charge is -2.41. The molecule has 4 heterocycles. The van der Waals surface area contributed by atoms with Crippen molar-refractivity contribution in [1.29, 1.82) is 0 Å². The molecular weight excluding hydrogens is 616 g/mol. The Morgan fingerprint density at radius 2 is 1.76 bits per heavy atom. The van der Waals surface area contributed by atoms with Gasteiger partial charge in [-0.3, -0.25) is 14.4 Å². The van der Waals surface area contributed by atoms with Crippen molar-refractivity contribution < 1.29 is 14.3 Å². The first-order chi connectivity index (χ1) is 22.0. The normalized spacial score (nSPS) is 17.5. The zero-order valence-corrected chi connectivity index (χ0v) is 29.0. The highest BCUT2D eigenvalue weighted by Gasteiger charge is 2.33. The van der Waals surface area contributed by atoms with E-state index in [1.807, 2.05) is 63.7 Å². The molecule has 0 spiro atoms. The van der Waals surface area contributed by atoms with Gasteiger partial charge in [-0.1, -0.05) is 23.7 Å². The number of ketones is 1. The minimum Gasteiger partial charge on any atom is -0.378 e. The fourth-order valence-electron chi connectivity index (χ4n) is 6.97. The Morgan fingerprint density at radius 3 is 2.39 bits per heavy atom. The first-order valence-corrected chi connectivity index (χ1v) is 17.3. The van der Waals surface area contributed by atoms with E-state index in [1.54, 1.807) is 18.3 Å². The summed E-state index contributed by atoms with van der Waals surface area (Å²) in [5.74, 6) is 0.401. The lowest BCUT2D eigenvalue weighted by molar-refractivity contribution is -0.138. The summed E-state index contributed by atoms with van der Waals surface area (Å²) in [6.45, 7) is 13.5. The van der Waals surface area contributed by atoms with Crippen LogP contribution in [0.4, 0.5) is 0 Å². The van der Waals surface area contributed by atoms with Gasteiger partial charge in [0.1, 0.15) is 11.1 Å². The summed E-state index contributed by atoms with van der Waals surface area (Å²) >= 11 is 7.98. The monoisotopic (exact) mass is 656 g/mol. The maximum atomic E-state index is 13.2. The second-order valence-corrected chi connectivity index (χ2v) is 15.3. The highest BCUT2D eigenvalue weighted by molar-refractivity contribution is 7.22. The van der Waals surface area contributed by atoms with Crippen LogP contribution in [0.3, 0.4) is 0 Å². The van der Waals surface area contributed by atoms with Crippen molar-refractivity contribution in [3.8, 4) is 21.7 Å². The average Bonchev–Trinajstić information content (AvgIpc) is 3.55. The van der Waals surface area contributed by atoms with Gasteiger partial charge in [-0.15, -0.1) is 11.3 Å². The minimum atomic E-state index is -0.710. The number of ether oxygens (including phenoxy) is 2. The van der Waals surface area contributed by atoms with E-state index in [9.17, 15) is 4.79 Å². The quantitative estimate of drug-likeness (QED) is 0.175. The zero-order valence-electron chi connectivity index (χ0n) is 27.4. The maximum Gasteiger partial charge on any atom is 0.163 e. The molecule has 0 saturated carbocycles. The van der Waals surface area contributed by atoms with Gasteiger partial charge in [0, 0.05) is 40.1 Å². The number of hydrogen-bond acceptors (Lipinski definition) is 7. The molecule has 2 fully saturated rings. The van der Waals surface area contributed by atoms with E-state index >= 15 is 0 Å². The Kier molecular flexibility index (Phi) is 8.31. The van der Waals surface area contributed by atoms with E-state index in [4.69, 9.17) is 31.2 Å². The first kappa shape index (κ1) is 31.5. The van der Waals surface area contributed by atoms with Crippen molar-refractivity contribution in [3.05, 3.63) is 70.4 Å². The van der Waals surface area contributed by atoms with E-state index in [-0.39, 0.29) is 5.78 Å². The number of thiazole rings is 1. The Labute approximate surface area is 279 Å². The number of fused-ring (bicyclic) bond motifs is 2. The summed E-state index contributed by atoms with van der Waals surface area (Å²) in [6, 6.07) is 17.1. The molecule has 0 amide bonds. The molecule has 240 valence electrons.